The van der Waals surface area contributed by atoms with Crippen LogP contribution in [0.4, 0.5) is 11.4 Å². The highest BCUT2D eigenvalue weighted by molar-refractivity contribution is 5.93. The molecule has 1 amide bonds. The van der Waals surface area contributed by atoms with Crippen LogP contribution in [0.25, 0.3) is 11.2 Å². The van der Waals surface area contributed by atoms with Crippen LogP contribution < -0.4 is 16.6 Å². The number of nitrogens with one attached hydrogen (secondary N) is 1. The standard InChI is InChI=1S/C23H22N6O5/c1-3-26-14-24-21-20(26)22(31)28(23(32)27(21)12-16-7-5-4-6-8-16)13-19(30)25-17-10-9-15(2)11-18(17)29(33)34/h4-11,14H,3,12-13H2,1-2H3,(H,25,30). The number of anilines is 1. The van der Waals surface area contributed by atoms with E-state index >= 15 is 0 Å². The van der Waals surface area contributed by atoms with Gasteiger partial charge in [-0.25, -0.2) is 14.3 Å². The Morgan fingerprint density at radius 2 is 1.85 bits per heavy atom. The molecule has 0 spiro atoms. The Balaban J connectivity index is 1.77. The molecule has 0 aliphatic rings. The molecular weight excluding hydrogens is 440 g/mol. The van der Waals surface area contributed by atoms with E-state index in [0.717, 1.165) is 10.1 Å². The number of carbonyl (C=O) groups excluding carboxylic acids is 1. The lowest BCUT2D eigenvalue weighted by Gasteiger charge is -2.13. The van der Waals surface area contributed by atoms with Gasteiger partial charge in [-0.1, -0.05) is 36.4 Å². The Morgan fingerprint density at radius 3 is 2.53 bits per heavy atom. The molecule has 2 aromatic carbocycles. The van der Waals surface area contributed by atoms with Gasteiger partial charge in [-0.2, -0.15) is 0 Å². The van der Waals surface area contributed by atoms with Gasteiger partial charge in [-0.15, -0.1) is 0 Å². The predicted molar refractivity (Wildman–Crippen MR) is 126 cm³/mol. The molecule has 34 heavy (non-hydrogen) atoms. The van der Waals surface area contributed by atoms with Crippen molar-refractivity contribution in [3.8, 4) is 0 Å². The van der Waals surface area contributed by atoms with E-state index in [9.17, 15) is 24.5 Å². The zero-order valence-corrected chi connectivity index (χ0v) is 18.6. The Morgan fingerprint density at radius 1 is 1.12 bits per heavy atom. The first-order chi connectivity index (χ1) is 16.3. The maximum atomic E-state index is 13.3. The molecule has 0 saturated carbocycles. The van der Waals surface area contributed by atoms with Gasteiger partial charge in [0.1, 0.15) is 12.2 Å². The molecule has 11 heteroatoms. The number of imidazole rings is 1. The number of carbonyl (C=O) groups is 1. The zero-order valence-electron chi connectivity index (χ0n) is 18.6. The topological polar surface area (TPSA) is 134 Å². The quantitative estimate of drug-likeness (QED) is 0.331. The summed E-state index contributed by atoms with van der Waals surface area (Å²) in [5, 5.41) is 13.8. The minimum atomic E-state index is -0.737. The lowest BCUT2D eigenvalue weighted by atomic mass is 10.2. The Bertz CT molecular complexity index is 1520. The van der Waals surface area contributed by atoms with Crippen molar-refractivity contribution in [3.05, 3.63) is 96.9 Å². The average molecular weight is 462 g/mol. The van der Waals surface area contributed by atoms with E-state index < -0.39 is 28.6 Å². The summed E-state index contributed by atoms with van der Waals surface area (Å²) in [7, 11) is 0. The van der Waals surface area contributed by atoms with Crippen LogP contribution in [0, 0.1) is 17.0 Å². The van der Waals surface area contributed by atoms with E-state index in [2.05, 4.69) is 10.3 Å². The Labute approximate surface area is 193 Å². The number of amides is 1. The number of benzene rings is 2. The van der Waals surface area contributed by atoms with Gasteiger partial charge in [0.2, 0.25) is 5.91 Å². The third-order valence-corrected chi connectivity index (χ3v) is 5.43. The molecule has 0 fully saturated rings. The average Bonchev–Trinajstić information content (AvgIpc) is 3.25. The lowest BCUT2D eigenvalue weighted by molar-refractivity contribution is -0.384. The van der Waals surface area contributed by atoms with Crippen molar-refractivity contribution in [3.63, 3.8) is 0 Å². The SMILES string of the molecule is CCn1cnc2c1c(=O)n(CC(=O)Nc1ccc(C)cc1[N+](=O)[O-])c(=O)n2Cc1ccccc1. The Hall–Kier alpha value is -4.54. The highest BCUT2D eigenvalue weighted by Crippen LogP contribution is 2.25. The van der Waals surface area contributed by atoms with Crippen molar-refractivity contribution in [2.24, 2.45) is 0 Å². The van der Waals surface area contributed by atoms with Gasteiger partial charge in [0, 0.05) is 12.6 Å². The highest BCUT2D eigenvalue weighted by Gasteiger charge is 2.21. The number of hydrogen-bond donors (Lipinski definition) is 1. The molecule has 0 atom stereocenters. The summed E-state index contributed by atoms with van der Waals surface area (Å²) in [6, 6.07) is 13.6. The van der Waals surface area contributed by atoms with Gasteiger partial charge in [0.25, 0.3) is 11.2 Å². The second-order valence-corrected chi connectivity index (χ2v) is 7.77. The van der Waals surface area contributed by atoms with Gasteiger partial charge in [0.15, 0.2) is 11.2 Å². The van der Waals surface area contributed by atoms with E-state index in [1.54, 1.807) is 17.6 Å². The molecule has 0 aliphatic carbocycles. The number of nitro benzene ring substituents is 1. The minimum absolute atomic E-state index is 0.0158. The van der Waals surface area contributed by atoms with E-state index in [-0.39, 0.29) is 29.1 Å². The first-order valence-corrected chi connectivity index (χ1v) is 10.6. The zero-order chi connectivity index (χ0) is 24.4. The largest absolute Gasteiger partial charge is 0.333 e. The molecule has 4 aromatic rings. The van der Waals surface area contributed by atoms with Gasteiger partial charge in [-0.3, -0.25) is 24.3 Å². The lowest BCUT2D eigenvalue weighted by Crippen LogP contribution is -2.43. The fourth-order valence-electron chi connectivity index (χ4n) is 3.76. The second kappa shape index (κ2) is 9.14. The number of fused-ring (bicyclic) bond motifs is 1. The number of aryl methyl sites for hydroxylation is 2. The molecular formula is C23H22N6O5. The summed E-state index contributed by atoms with van der Waals surface area (Å²) in [5.74, 6) is -0.737. The molecule has 174 valence electrons. The van der Waals surface area contributed by atoms with Crippen LogP contribution in [0.1, 0.15) is 18.1 Å². The van der Waals surface area contributed by atoms with Gasteiger partial charge in [-0.05, 0) is 31.0 Å². The van der Waals surface area contributed by atoms with Crippen LogP contribution in [0.15, 0.2) is 64.4 Å². The smallest absolute Gasteiger partial charge is 0.325 e. The van der Waals surface area contributed by atoms with E-state index in [0.29, 0.717) is 12.1 Å². The molecule has 0 aliphatic heterocycles. The van der Waals surface area contributed by atoms with Gasteiger partial charge < -0.3 is 9.88 Å². The second-order valence-electron chi connectivity index (χ2n) is 7.77. The summed E-state index contributed by atoms with van der Waals surface area (Å²) < 4.78 is 3.78. The molecule has 2 aromatic heterocycles. The fraction of sp³-hybridized carbons (Fsp3) is 0.217. The van der Waals surface area contributed by atoms with Crippen molar-refractivity contribution < 1.29 is 9.72 Å². The van der Waals surface area contributed by atoms with Crippen molar-refractivity contribution in [1.82, 2.24) is 18.7 Å². The van der Waals surface area contributed by atoms with Crippen LogP contribution in [0.3, 0.4) is 0 Å². The number of hydrogen-bond acceptors (Lipinski definition) is 6. The fourth-order valence-corrected chi connectivity index (χ4v) is 3.76. The first-order valence-electron chi connectivity index (χ1n) is 10.6. The predicted octanol–water partition coefficient (Wildman–Crippen LogP) is 2.28. The number of nitro groups is 1. The molecule has 0 saturated heterocycles. The Kier molecular flexibility index (Phi) is 6.09. The van der Waals surface area contributed by atoms with Crippen LogP contribution in [0.2, 0.25) is 0 Å². The van der Waals surface area contributed by atoms with Crippen LogP contribution >= 0.6 is 0 Å². The van der Waals surface area contributed by atoms with Gasteiger partial charge in [0.05, 0.1) is 17.8 Å². The molecule has 2 heterocycles. The highest BCUT2D eigenvalue weighted by atomic mass is 16.6. The third-order valence-electron chi connectivity index (χ3n) is 5.43. The normalized spacial score (nSPS) is 11.0. The van der Waals surface area contributed by atoms with Crippen LogP contribution in [0.5, 0.6) is 0 Å². The number of aromatic nitrogens is 4. The number of rotatable bonds is 7. The molecule has 0 radical (unpaired) electrons. The summed E-state index contributed by atoms with van der Waals surface area (Å²) in [5.41, 5.74) is 0.261. The monoisotopic (exact) mass is 462 g/mol. The van der Waals surface area contributed by atoms with Crippen molar-refractivity contribution in [1.29, 1.82) is 0 Å². The van der Waals surface area contributed by atoms with Crippen molar-refractivity contribution in [2.45, 2.75) is 33.5 Å². The minimum Gasteiger partial charge on any atom is -0.325 e. The molecule has 11 nitrogen and oxygen atoms in total. The molecule has 0 bridgehead atoms. The van der Waals surface area contributed by atoms with Gasteiger partial charge >= 0.3 is 5.69 Å². The van der Waals surface area contributed by atoms with E-state index in [4.69, 9.17) is 0 Å². The van der Waals surface area contributed by atoms with E-state index in [1.165, 1.54) is 23.0 Å². The van der Waals surface area contributed by atoms with Crippen LogP contribution in [-0.2, 0) is 24.4 Å². The molecule has 1 N–H and O–H groups in total. The summed E-state index contributed by atoms with van der Waals surface area (Å²) in [6.07, 6.45) is 1.48. The third kappa shape index (κ3) is 4.22. The molecule has 4 rings (SSSR count). The maximum absolute atomic E-state index is 13.3. The van der Waals surface area contributed by atoms with E-state index in [1.807, 2.05) is 37.3 Å². The first kappa shape index (κ1) is 22.6. The summed E-state index contributed by atoms with van der Waals surface area (Å²) >= 11 is 0. The number of nitrogens with zero attached hydrogens (tertiary/aromatic N) is 5. The van der Waals surface area contributed by atoms with Crippen molar-refractivity contribution in [2.75, 3.05) is 5.32 Å². The summed E-state index contributed by atoms with van der Waals surface area (Å²) in [6.45, 7) is 3.52. The molecule has 0 unspecified atom stereocenters. The van der Waals surface area contributed by atoms with Crippen molar-refractivity contribution >= 4 is 28.4 Å². The van der Waals surface area contributed by atoms with Crippen LogP contribution in [-0.4, -0.2) is 29.5 Å². The summed E-state index contributed by atoms with van der Waals surface area (Å²) in [4.78, 5) is 54.3. The maximum Gasteiger partial charge on any atom is 0.333 e.